The molecule has 24 heavy (non-hydrogen) atoms. The van der Waals surface area contributed by atoms with Gasteiger partial charge in [0.1, 0.15) is 0 Å². The Labute approximate surface area is 143 Å². The number of ether oxygens (including phenoxy) is 1. The first-order valence-corrected chi connectivity index (χ1v) is 8.35. The van der Waals surface area contributed by atoms with Crippen LogP contribution in [0, 0.1) is 0 Å². The molecule has 3 nitrogen and oxygen atoms in total. The molecule has 0 aromatic heterocycles. The van der Waals surface area contributed by atoms with E-state index >= 15 is 0 Å². The summed E-state index contributed by atoms with van der Waals surface area (Å²) in [6, 6.07) is 21.3. The second-order valence-corrected chi connectivity index (χ2v) is 6.19. The molecule has 0 fully saturated rings. The van der Waals surface area contributed by atoms with Gasteiger partial charge < -0.3 is 4.74 Å². The summed E-state index contributed by atoms with van der Waals surface area (Å²) < 4.78 is 4.87. The van der Waals surface area contributed by atoms with Gasteiger partial charge in [0.15, 0.2) is 0 Å². The highest BCUT2D eigenvalue weighted by molar-refractivity contribution is 5.89. The quantitative estimate of drug-likeness (QED) is 0.755. The number of esters is 1. The first-order chi connectivity index (χ1) is 11.8. The summed E-state index contributed by atoms with van der Waals surface area (Å²) in [4.78, 5) is 14.2. The summed E-state index contributed by atoms with van der Waals surface area (Å²) in [5, 5.41) is 0. The summed E-state index contributed by atoms with van der Waals surface area (Å²) in [7, 11) is 1.45. The first kappa shape index (κ1) is 16.5. The molecule has 1 aliphatic rings. The van der Waals surface area contributed by atoms with E-state index < -0.39 is 0 Å². The van der Waals surface area contributed by atoms with Crippen LogP contribution in [0.5, 0.6) is 0 Å². The molecule has 0 radical (unpaired) electrons. The molecule has 0 unspecified atom stereocenters. The SMILES string of the molecule is COC(=O)C1=CC[C@@H](N(Cc2ccccc2)Cc2ccccc2)C1. The van der Waals surface area contributed by atoms with E-state index in [1.165, 1.54) is 18.2 Å². The molecule has 1 atom stereocenters. The maximum atomic E-state index is 11.8. The van der Waals surface area contributed by atoms with Crippen molar-refractivity contribution >= 4 is 5.97 Å². The molecular formula is C21H23NO2. The molecule has 0 bridgehead atoms. The average Bonchev–Trinajstić information content (AvgIpc) is 3.12. The minimum Gasteiger partial charge on any atom is -0.466 e. The van der Waals surface area contributed by atoms with Gasteiger partial charge in [-0.2, -0.15) is 0 Å². The van der Waals surface area contributed by atoms with E-state index in [0.717, 1.165) is 31.5 Å². The van der Waals surface area contributed by atoms with Crippen LogP contribution in [0.3, 0.4) is 0 Å². The zero-order valence-corrected chi connectivity index (χ0v) is 14.0. The lowest BCUT2D eigenvalue weighted by molar-refractivity contribution is -0.136. The first-order valence-electron chi connectivity index (χ1n) is 8.35. The number of rotatable bonds is 6. The number of benzene rings is 2. The number of carbonyl (C=O) groups is 1. The van der Waals surface area contributed by atoms with Gasteiger partial charge in [-0.3, -0.25) is 4.90 Å². The Morgan fingerprint density at radius 1 is 1.00 bits per heavy atom. The summed E-state index contributed by atoms with van der Waals surface area (Å²) in [5.41, 5.74) is 3.38. The van der Waals surface area contributed by atoms with Crippen LogP contribution in [0.25, 0.3) is 0 Å². The molecule has 0 aliphatic heterocycles. The normalized spacial score (nSPS) is 16.9. The van der Waals surface area contributed by atoms with Crippen LogP contribution in [0.2, 0.25) is 0 Å². The Hall–Kier alpha value is -2.39. The van der Waals surface area contributed by atoms with Gasteiger partial charge in [0.2, 0.25) is 0 Å². The number of hydrogen-bond acceptors (Lipinski definition) is 3. The van der Waals surface area contributed by atoms with E-state index in [1.807, 2.05) is 18.2 Å². The smallest absolute Gasteiger partial charge is 0.333 e. The highest BCUT2D eigenvalue weighted by atomic mass is 16.5. The Kier molecular flexibility index (Phi) is 5.44. The van der Waals surface area contributed by atoms with Gasteiger partial charge in [0.25, 0.3) is 0 Å². The number of carbonyl (C=O) groups excluding carboxylic acids is 1. The summed E-state index contributed by atoms with van der Waals surface area (Å²) in [6.07, 6.45) is 3.68. The fraction of sp³-hybridized carbons (Fsp3) is 0.286. The average molecular weight is 321 g/mol. The number of methoxy groups -OCH3 is 1. The Morgan fingerprint density at radius 2 is 1.54 bits per heavy atom. The summed E-state index contributed by atoms with van der Waals surface area (Å²) in [6.45, 7) is 1.76. The van der Waals surface area contributed by atoms with E-state index in [1.54, 1.807) is 0 Å². The molecule has 3 heteroatoms. The molecule has 0 saturated carbocycles. The lowest BCUT2D eigenvalue weighted by Crippen LogP contribution is -2.33. The van der Waals surface area contributed by atoms with Crippen molar-refractivity contribution in [2.24, 2.45) is 0 Å². The Morgan fingerprint density at radius 3 is 2.04 bits per heavy atom. The molecule has 0 saturated heterocycles. The van der Waals surface area contributed by atoms with Crippen LogP contribution in [0.1, 0.15) is 24.0 Å². The molecule has 0 heterocycles. The van der Waals surface area contributed by atoms with Crippen LogP contribution < -0.4 is 0 Å². The second kappa shape index (κ2) is 7.93. The van der Waals surface area contributed by atoms with Crippen LogP contribution in [-0.4, -0.2) is 24.0 Å². The van der Waals surface area contributed by atoms with Gasteiger partial charge in [0.05, 0.1) is 7.11 Å². The van der Waals surface area contributed by atoms with E-state index in [2.05, 4.69) is 53.4 Å². The minimum absolute atomic E-state index is 0.197. The van der Waals surface area contributed by atoms with E-state index in [9.17, 15) is 4.79 Å². The highest BCUT2D eigenvalue weighted by Gasteiger charge is 2.27. The third kappa shape index (κ3) is 4.12. The molecule has 0 spiro atoms. The zero-order valence-electron chi connectivity index (χ0n) is 14.0. The maximum Gasteiger partial charge on any atom is 0.333 e. The molecule has 124 valence electrons. The van der Waals surface area contributed by atoms with Gasteiger partial charge in [-0.15, -0.1) is 0 Å². The van der Waals surface area contributed by atoms with E-state index in [-0.39, 0.29) is 5.97 Å². The van der Waals surface area contributed by atoms with Crippen molar-refractivity contribution in [3.05, 3.63) is 83.4 Å². The van der Waals surface area contributed by atoms with Crippen molar-refractivity contribution < 1.29 is 9.53 Å². The van der Waals surface area contributed by atoms with Crippen molar-refractivity contribution in [2.75, 3.05) is 7.11 Å². The molecular weight excluding hydrogens is 298 g/mol. The lowest BCUT2D eigenvalue weighted by Gasteiger charge is -2.29. The fourth-order valence-corrected chi connectivity index (χ4v) is 3.22. The van der Waals surface area contributed by atoms with Crippen molar-refractivity contribution in [1.82, 2.24) is 4.90 Å². The topological polar surface area (TPSA) is 29.5 Å². The molecule has 2 aromatic rings. The Bertz CT molecular complexity index is 653. The van der Waals surface area contributed by atoms with Crippen molar-refractivity contribution in [3.8, 4) is 0 Å². The predicted molar refractivity (Wildman–Crippen MR) is 95.3 cm³/mol. The van der Waals surface area contributed by atoms with Crippen LogP contribution >= 0.6 is 0 Å². The largest absolute Gasteiger partial charge is 0.466 e. The van der Waals surface area contributed by atoms with Crippen LogP contribution in [0.4, 0.5) is 0 Å². The molecule has 3 rings (SSSR count). The van der Waals surface area contributed by atoms with Gasteiger partial charge >= 0.3 is 5.97 Å². The van der Waals surface area contributed by atoms with Gasteiger partial charge in [0, 0.05) is 24.7 Å². The van der Waals surface area contributed by atoms with Gasteiger partial charge in [-0.05, 0) is 24.0 Å². The highest BCUT2D eigenvalue weighted by Crippen LogP contribution is 2.27. The molecule has 1 aliphatic carbocycles. The van der Waals surface area contributed by atoms with E-state index in [0.29, 0.717) is 6.04 Å². The molecule has 2 aromatic carbocycles. The third-order valence-corrected chi connectivity index (χ3v) is 4.51. The van der Waals surface area contributed by atoms with Crippen molar-refractivity contribution in [3.63, 3.8) is 0 Å². The Balaban J connectivity index is 1.74. The minimum atomic E-state index is -0.197. The zero-order chi connectivity index (χ0) is 16.8. The number of nitrogens with zero attached hydrogens (tertiary/aromatic N) is 1. The maximum absolute atomic E-state index is 11.8. The van der Waals surface area contributed by atoms with Crippen molar-refractivity contribution in [2.45, 2.75) is 32.0 Å². The molecule has 0 amide bonds. The summed E-state index contributed by atoms with van der Waals surface area (Å²) in [5.74, 6) is -0.197. The predicted octanol–water partition coefficient (Wildman–Crippen LogP) is 3.95. The van der Waals surface area contributed by atoms with Crippen LogP contribution in [0.15, 0.2) is 72.3 Å². The van der Waals surface area contributed by atoms with Crippen molar-refractivity contribution in [1.29, 1.82) is 0 Å². The standard InChI is InChI=1S/C21H23NO2/c1-24-21(23)19-12-13-20(14-19)22(15-17-8-4-2-5-9-17)16-18-10-6-3-7-11-18/h2-12,20H,13-16H2,1H3/t20-/m1/s1. The third-order valence-electron chi connectivity index (χ3n) is 4.51. The monoisotopic (exact) mass is 321 g/mol. The van der Waals surface area contributed by atoms with Gasteiger partial charge in [-0.1, -0.05) is 66.7 Å². The van der Waals surface area contributed by atoms with E-state index in [4.69, 9.17) is 4.74 Å². The van der Waals surface area contributed by atoms with Gasteiger partial charge in [-0.25, -0.2) is 4.79 Å². The summed E-state index contributed by atoms with van der Waals surface area (Å²) >= 11 is 0. The number of hydrogen-bond donors (Lipinski definition) is 0. The van der Waals surface area contributed by atoms with Crippen LogP contribution in [-0.2, 0) is 22.6 Å². The second-order valence-electron chi connectivity index (χ2n) is 6.19. The molecule has 0 N–H and O–H groups in total. The fourth-order valence-electron chi connectivity index (χ4n) is 3.22. The lowest BCUT2D eigenvalue weighted by atomic mass is 10.1.